The minimum Gasteiger partial charge on any atom is -0.310 e. The summed E-state index contributed by atoms with van der Waals surface area (Å²) in [6.45, 7) is 9.93. The molecule has 0 radical (unpaired) electrons. The van der Waals surface area contributed by atoms with Crippen molar-refractivity contribution < 1.29 is 0 Å². The molecular weight excluding hydrogens is 264 g/mol. The fourth-order valence-corrected chi connectivity index (χ4v) is 3.80. The van der Waals surface area contributed by atoms with Gasteiger partial charge in [-0.1, -0.05) is 33.6 Å². The van der Waals surface area contributed by atoms with Crippen molar-refractivity contribution in [3.8, 4) is 0 Å². The fraction of sp³-hybridized carbons (Fsp3) is 0.933. The van der Waals surface area contributed by atoms with Gasteiger partial charge in [0.1, 0.15) is 0 Å². The van der Waals surface area contributed by atoms with E-state index in [1.165, 1.54) is 25.7 Å². The molecule has 2 heterocycles. The fourth-order valence-electron chi connectivity index (χ4n) is 3.80. The van der Waals surface area contributed by atoms with Crippen molar-refractivity contribution in [3.63, 3.8) is 0 Å². The van der Waals surface area contributed by atoms with Crippen molar-refractivity contribution in [2.75, 3.05) is 13.1 Å². The highest BCUT2D eigenvalue weighted by molar-refractivity contribution is 5.04. The van der Waals surface area contributed by atoms with Crippen LogP contribution in [0.15, 0.2) is 0 Å². The van der Waals surface area contributed by atoms with Gasteiger partial charge in [-0.25, -0.2) is 0 Å². The lowest BCUT2D eigenvalue weighted by Gasteiger charge is -2.51. The molecule has 1 aromatic rings. The lowest BCUT2D eigenvalue weighted by molar-refractivity contribution is 0.00889. The number of tetrazole rings is 1. The molecule has 1 atom stereocenters. The molecule has 0 amide bonds. The summed E-state index contributed by atoms with van der Waals surface area (Å²) in [6.07, 6.45) is 5.26. The van der Waals surface area contributed by atoms with Gasteiger partial charge < -0.3 is 5.32 Å². The van der Waals surface area contributed by atoms with Gasteiger partial charge in [0.25, 0.3) is 0 Å². The van der Waals surface area contributed by atoms with E-state index in [1.54, 1.807) is 4.80 Å². The molecule has 1 aromatic heterocycles. The minimum atomic E-state index is 0.272. The van der Waals surface area contributed by atoms with Crippen molar-refractivity contribution in [1.29, 1.82) is 0 Å². The molecule has 3 rings (SSSR count). The van der Waals surface area contributed by atoms with Gasteiger partial charge in [-0.15, -0.1) is 10.2 Å². The van der Waals surface area contributed by atoms with E-state index >= 15 is 0 Å². The Kier molecular flexibility index (Phi) is 3.78. The Morgan fingerprint density at radius 2 is 2.00 bits per heavy atom. The van der Waals surface area contributed by atoms with Gasteiger partial charge in [-0.05, 0) is 23.5 Å². The lowest BCUT2D eigenvalue weighted by atomic mass is 9.81. The molecule has 1 N–H and O–H groups in total. The standard InChI is InChI=1S/C15H28N6/c1-14(2,3)12-9-21(10-13-17-19-20(4)18-13)15(11-16-12)7-5-6-8-15/h12,16H,5-11H2,1-4H3. The van der Waals surface area contributed by atoms with E-state index in [1.807, 2.05) is 7.05 Å². The smallest absolute Gasteiger partial charge is 0.188 e. The zero-order valence-corrected chi connectivity index (χ0v) is 13.8. The van der Waals surface area contributed by atoms with Gasteiger partial charge in [0.2, 0.25) is 0 Å². The number of aryl methyl sites for hydroxylation is 1. The van der Waals surface area contributed by atoms with Gasteiger partial charge in [0, 0.05) is 24.7 Å². The summed E-state index contributed by atoms with van der Waals surface area (Å²) in [7, 11) is 1.83. The molecule has 6 heteroatoms. The second-order valence-corrected chi connectivity index (χ2v) is 7.81. The Morgan fingerprint density at radius 1 is 1.29 bits per heavy atom. The van der Waals surface area contributed by atoms with Crippen molar-refractivity contribution in [2.24, 2.45) is 12.5 Å². The second-order valence-electron chi connectivity index (χ2n) is 7.81. The van der Waals surface area contributed by atoms with Gasteiger partial charge >= 0.3 is 0 Å². The monoisotopic (exact) mass is 292 g/mol. The molecule has 1 spiro atoms. The Labute approximate surface area is 127 Å². The van der Waals surface area contributed by atoms with E-state index in [0.717, 1.165) is 25.5 Å². The number of aromatic nitrogens is 4. The molecule has 1 aliphatic carbocycles. The maximum Gasteiger partial charge on any atom is 0.188 e. The zero-order chi connectivity index (χ0) is 15.1. The van der Waals surface area contributed by atoms with Gasteiger partial charge in [0.05, 0.1) is 13.6 Å². The van der Waals surface area contributed by atoms with E-state index in [-0.39, 0.29) is 5.41 Å². The van der Waals surface area contributed by atoms with Crippen LogP contribution in [0, 0.1) is 5.41 Å². The molecule has 0 bridgehead atoms. The quantitative estimate of drug-likeness (QED) is 0.891. The highest BCUT2D eigenvalue weighted by Gasteiger charge is 2.45. The van der Waals surface area contributed by atoms with Gasteiger partial charge in [-0.2, -0.15) is 4.80 Å². The van der Waals surface area contributed by atoms with E-state index in [2.05, 4.69) is 46.4 Å². The highest BCUT2D eigenvalue weighted by Crippen LogP contribution is 2.39. The van der Waals surface area contributed by atoms with Crippen LogP contribution in [-0.2, 0) is 13.6 Å². The largest absolute Gasteiger partial charge is 0.310 e. The lowest BCUT2D eigenvalue weighted by Crippen LogP contribution is -2.65. The molecule has 118 valence electrons. The van der Waals surface area contributed by atoms with Crippen molar-refractivity contribution >= 4 is 0 Å². The first-order valence-electron chi connectivity index (χ1n) is 8.10. The van der Waals surface area contributed by atoms with Crippen molar-refractivity contribution in [1.82, 2.24) is 30.4 Å². The molecule has 1 saturated heterocycles. The predicted octanol–water partition coefficient (Wildman–Crippen LogP) is 1.34. The summed E-state index contributed by atoms with van der Waals surface area (Å²) in [6, 6.07) is 0.514. The topological polar surface area (TPSA) is 58.9 Å². The molecule has 2 aliphatic rings. The number of hydrogen-bond donors (Lipinski definition) is 1. The summed E-state index contributed by atoms with van der Waals surface area (Å²) in [5.74, 6) is 0.846. The van der Waals surface area contributed by atoms with Gasteiger partial charge in [-0.3, -0.25) is 4.90 Å². The number of rotatable bonds is 2. The zero-order valence-electron chi connectivity index (χ0n) is 13.8. The molecular formula is C15H28N6. The average Bonchev–Trinajstić information content (AvgIpc) is 3.01. The third-order valence-corrected chi connectivity index (χ3v) is 5.21. The van der Waals surface area contributed by atoms with E-state index in [4.69, 9.17) is 0 Å². The van der Waals surface area contributed by atoms with Crippen LogP contribution in [0.5, 0.6) is 0 Å². The van der Waals surface area contributed by atoms with Crippen LogP contribution in [0.1, 0.15) is 52.3 Å². The van der Waals surface area contributed by atoms with Gasteiger partial charge in [0.15, 0.2) is 5.82 Å². The number of nitrogens with one attached hydrogen (secondary N) is 1. The predicted molar refractivity (Wildman–Crippen MR) is 81.7 cm³/mol. The Hall–Kier alpha value is -1.01. The van der Waals surface area contributed by atoms with Crippen molar-refractivity contribution in [3.05, 3.63) is 5.82 Å². The molecule has 21 heavy (non-hydrogen) atoms. The molecule has 0 aromatic carbocycles. The summed E-state index contributed by atoms with van der Waals surface area (Å²) in [4.78, 5) is 4.18. The minimum absolute atomic E-state index is 0.272. The maximum atomic E-state index is 4.38. The molecule has 2 fully saturated rings. The first-order valence-corrected chi connectivity index (χ1v) is 8.10. The number of piperazine rings is 1. The van der Waals surface area contributed by atoms with Crippen LogP contribution in [0.25, 0.3) is 0 Å². The van der Waals surface area contributed by atoms with Crippen LogP contribution in [-0.4, -0.2) is 49.8 Å². The Morgan fingerprint density at radius 3 is 2.57 bits per heavy atom. The van der Waals surface area contributed by atoms with Crippen LogP contribution in [0.2, 0.25) is 0 Å². The third-order valence-electron chi connectivity index (χ3n) is 5.21. The second kappa shape index (κ2) is 5.32. The Balaban J connectivity index is 1.79. The van der Waals surface area contributed by atoms with Crippen LogP contribution in [0.4, 0.5) is 0 Å². The SMILES string of the molecule is Cn1nnc(CN2CC(C(C)(C)C)NCC23CCCC3)n1. The van der Waals surface area contributed by atoms with E-state index < -0.39 is 0 Å². The molecule has 1 unspecified atom stereocenters. The van der Waals surface area contributed by atoms with Crippen molar-refractivity contribution in [2.45, 2.75) is 64.6 Å². The Bertz CT molecular complexity index is 483. The highest BCUT2D eigenvalue weighted by atomic mass is 15.6. The molecule has 6 nitrogen and oxygen atoms in total. The number of hydrogen-bond acceptors (Lipinski definition) is 5. The first-order chi connectivity index (χ1) is 9.89. The summed E-state index contributed by atoms with van der Waals surface area (Å²) >= 11 is 0. The average molecular weight is 292 g/mol. The van der Waals surface area contributed by atoms with Crippen LogP contribution in [0.3, 0.4) is 0 Å². The molecule has 1 saturated carbocycles. The summed E-state index contributed by atoms with van der Waals surface area (Å²) in [5, 5.41) is 16.4. The summed E-state index contributed by atoms with van der Waals surface area (Å²) in [5.41, 5.74) is 0.579. The first kappa shape index (κ1) is 14.9. The maximum absolute atomic E-state index is 4.38. The van der Waals surface area contributed by atoms with Crippen LogP contribution >= 0.6 is 0 Å². The normalized spacial score (nSPS) is 26.6. The summed E-state index contributed by atoms with van der Waals surface area (Å²) < 4.78 is 0. The van der Waals surface area contributed by atoms with Crippen LogP contribution < -0.4 is 5.32 Å². The van der Waals surface area contributed by atoms with E-state index in [9.17, 15) is 0 Å². The number of nitrogens with zero attached hydrogens (tertiary/aromatic N) is 5. The molecule has 1 aliphatic heterocycles. The third kappa shape index (κ3) is 2.97. The van der Waals surface area contributed by atoms with E-state index in [0.29, 0.717) is 11.6 Å².